The molecule has 1 aromatic heterocycles. The maximum absolute atomic E-state index is 11.8. The smallest absolute Gasteiger partial charge is 0.494 e. The van der Waals surface area contributed by atoms with Gasteiger partial charge in [0, 0.05) is 43.7 Å². The van der Waals surface area contributed by atoms with E-state index in [0.29, 0.717) is 41.0 Å². The second-order valence-corrected chi connectivity index (χ2v) is 11.7. The van der Waals surface area contributed by atoms with Crippen LogP contribution in [0.1, 0.15) is 32.6 Å². The van der Waals surface area contributed by atoms with E-state index in [4.69, 9.17) is 42.1 Å². The van der Waals surface area contributed by atoms with Gasteiger partial charge in [0.2, 0.25) is 12.7 Å². The Hall–Kier alpha value is -2.94. The number of fused-ring (bicyclic) bond motifs is 1. The van der Waals surface area contributed by atoms with Crippen molar-refractivity contribution < 1.29 is 23.7 Å². The van der Waals surface area contributed by atoms with Crippen LogP contribution < -0.4 is 14.4 Å². The molecule has 220 valence electrons. The molecule has 0 amide bonds. The van der Waals surface area contributed by atoms with Gasteiger partial charge in [-0.05, 0) is 74.4 Å². The highest BCUT2D eigenvalue weighted by Gasteiger charge is 2.26. The minimum atomic E-state index is -0.717. The summed E-state index contributed by atoms with van der Waals surface area (Å²) in [6, 6.07) is 15.3. The number of hydrogen-bond acceptors (Lipinski definition) is 8. The summed E-state index contributed by atoms with van der Waals surface area (Å²) in [4.78, 5) is 21.1. The van der Waals surface area contributed by atoms with Crippen molar-refractivity contribution >= 4 is 45.9 Å². The highest BCUT2D eigenvalue weighted by molar-refractivity contribution is 6.43. The van der Waals surface area contributed by atoms with Crippen molar-refractivity contribution in [3.8, 4) is 11.6 Å². The fourth-order valence-corrected chi connectivity index (χ4v) is 5.81. The molecular formula is C31H37Cl2N3O5. The molecule has 41 heavy (non-hydrogen) atoms. The number of rotatable bonds is 12. The molecule has 1 aliphatic heterocycles. The van der Waals surface area contributed by atoms with E-state index in [1.807, 2.05) is 42.5 Å². The highest BCUT2D eigenvalue weighted by Crippen LogP contribution is 2.34. The molecule has 5 rings (SSSR count). The summed E-state index contributed by atoms with van der Waals surface area (Å²) in [6.45, 7) is 7.87. The first-order valence-electron chi connectivity index (χ1n) is 14.3. The van der Waals surface area contributed by atoms with Crippen molar-refractivity contribution in [2.24, 2.45) is 11.8 Å². The van der Waals surface area contributed by atoms with Crippen molar-refractivity contribution in [1.29, 1.82) is 0 Å². The Morgan fingerprint density at radius 2 is 1.78 bits per heavy atom. The summed E-state index contributed by atoms with van der Waals surface area (Å²) in [5, 5.41) is 2.20. The zero-order chi connectivity index (χ0) is 28.6. The third-order valence-corrected chi connectivity index (χ3v) is 8.52. The second kappa shape index (κ2) is 14.3. The third kappa shape index (κ3) is 8.31. The van der Waals surface area contributed by atoms with Crippen LogP contribution in [-0.2, 0) is 9.47 Å². The first-order valence-corrected chi connectivity index (χ1v) is 15.1. The Bertz CT molecular complexity index is 1310. The van der Waals surface area contributed by atoms with Gasteiger partial charge >= 0.3 is 6.16 Å². The van der Waals surface area contributed by atoms with E-state index >= 15 is 0 Å². The maximum Gasteiger partial charge on any atom is 0.511 e. The molecule has 0 bridgehead atoms. The average Bonchev–Trinajstić information content (AvgIpc) is 2.96. The first kappa shape index (κ1) is 29.5. The summed E-state index contributed by atoms with van der Waals surface area (Å²) in [7, 11) is 0. The monoisotopic (exact) mass is 601 g/mol. The molecule has 2 heterocycles. The largest absolute Gasteiger partial charge is 0.511 e. The van der Waals surface area contributed by atoms with Gasteiger partial charge in [-0.1, -0.05) is 36.2 Å². The zero-order valence-corrected chi connectivity index (χ0v) is 24.9. The van der Waals surface area contributed by atoms with E-state index in [9.17, 15) is 4.79 Å². The third-order valence-electron chi connectivity index (χ3n) is 7.71. The number of benzene rings is 2. The second-order valence-electron chi connectivity index (χ2n) is 10.9. The number of carbonyl (C=O) groups excluding carboxylic acids is 1. The summed E-state index contributed by atoms with van der Waals surface area (Å²) in [5.41, 5.74) is 1.76. The fourth-order valence-electron chi connectivity index (χ4n) is 5.40. The van der Waals surface area contributed by atoms with Crippen molar-refractivity contribution in [2.45, 2.75) is 32.6 Å². The number of anilines is 1. The Balaban J connectivity index is 0.985. The Kier molecular flexibility index (Phi) is 10.3. The SMILES string of the molecule is CC1CC(COC(=O)OCOc2ccc3ccc(OCCCCN4CCN(c5cccc(Cl)c5Cl)CC4)cc3n2)C1. The first-order chi connectivity index (χ1) is 19.9. The summed E-state index contributed by atoms with van der Waals surface area (Å²) in [5.74, 6) is 2.29. The van der Waals surface area contributed by atoms with Crippen molar-refractivity contribution in [3.05, 3.63) is 58.6 Å². The topological polar surface area (TPSA) is 73.4 Å². The molecule has 0 spiro atoms. The van der Waals surface area contributed by atoms with E-state index in [-0.39, 0.29) is 6.79 Å². The number of ether oxygens (including phenoxy) is 4. The van der Waals surface area contributed by atoms with Crippen molar-refractivity contribution in [2.75, 3.05) is 57.6 Å². The van der Waals surface area contributed by atoms with Gasteiger partial charge in [0.05, 0.1) is 34.5 Å². The predicted molar refractivity (Wildman–Crippen MR) is 161 cm³/mol. The van der Waals surface area contributed by atoms with Crippen LogP contribution in [0.25, 0.3) is 10.9 Å². The fraction of sp³-hybridized carbons (Fsp3) is 0.484. The number of aromatic nitrogens is 1. The lowest BCUT2D eigenvalue weighted by Crippen LogP contribution is -2.46. The van der Waals surface area contributed by atoms with Crippen LogP contribution >= 0.6 is 23.2 Å². The molecule has 10 heteroatoms. The molecule has 8 nitrogen and oxygen atoms in total. The summed E-state index contributed by atoms with van der Waals surface area (Å²) >= 11 is 12.6. The van der Waals surface area contributed by atoms with E-state index in [1.165, 1.54) is 0 Å². The number of pyridine rings is 1. The van der Waals surface area contributed by atoms with Gasteiger partial charge in [-0.3, -0.25) is 4.90 Å². The molecule has 1 saturated carbocycles. The number of nitrogens with zero attached hydrogens (tertiary/aromatic N) is 3. The minimum absolute atomic E-state index is 0.252. The van der Waals surface area contributed by atoms with Crippen LogP contribution in [0, 0.1) is 11.8 Å². The van der Waals surface area contributed by atoms with Crippen LogP contribution in [0.4, 0.5) is 10.5 Å². The normalized spacial score (nSPS) is 19.0. The molecule has 1 aliphatic carbocycles. The molecule has 0 N–H and O–H groups in total. The number of unbranched alkanes of at least 4 members (excludes halogenated alkanes) is 1. The van der Waals surface area contributed by atoms with Crippen molar-refractivity contribution in [1.82, 2.24) is 9.88 Å². The summed E-state index contributed by atoms with van der Waals surface area (Å²) < 4.78 is 21.7. The Morgan fingerprint density at radius 1 is 0.976 bits per heavy atom. The van der Waals surface area contributed by atoms with Crippen LogP contribution in [-0.4, -0.2) is 68.8 Å². The number of hydrogen-bond donors (Lipinski definition) is 0. The van der Waals surface area contributed by atoms with Gasteiger partial charge in [-0.25, -0.2) is 9.78 Å². The van der Waals surface area contributed by atoms with Crippen LogP contribution in [0.2, 0.25) is 10.0 Å². The number of carbonyl (C=O) groups is 1. The molecule has 2 fully saturated rings. The van der Waals surface area contributed by atoms with Crippen LogP contribution in [0.5, 0.6) is 11.6 Å². The quantitative estimate of drug-likeness (QED) is 0.124. The van der Waals surface area contributed by atoms with Crippen molar-refractivity contribution in [3.63, 3.8) is 0 Å². The van der Waals surface area contributed by atoms with Gasteiger partial charge in [0.15, 0.2) is 0 Å². The average molecular weight is 603 g/mol. The molecular weight excluding hydrogens is 565 g/mol. The molecule has 0 unspecified atom stereocenters. The standard InChI is InChI=1S/C31H37Cl2N3O5/c1-22-17-23(18-22)20-39-31(37)41-21-40-29-10-8-24-7-9-25(19-27(24)34-29)38-16-3-2-11-35-12-14-36(15-13-35)28-6-4-5-26(32)30(28)33/h4-10,19,22-23H,2-3,11-18,20-21H2,1H3. The molecule has 0 atom stereocenters. The molecule has 0 radical (unpaired) electrons. The maximum atomic E-state index is 11.8. The van der Waals surface area contributed by atoms with Gasteiger partial charge in [-0.2, -0.15) is 0 Å². The predicted octanol–water partition coefficient (Wildman–Crippen LogP) is 7.06. The van der Waals surface area contributed by atoms with E-state index in [1.54, 1.807) is 6.07 Å². The lowest BCUT2D eigenvalue weighted by molar-refractivity contribution is -0.0124. The molecule has 1 saturated heterocycles. The number of piperazine rings is 1. The molecule has 2 aliphatic rings. The van der Waals surface area contributed by atoms with Gasteiger partial charge < -0.3 is 23.8 Å². The lowest BCUT2D eigenvalue weighted by Gasteiger charge is -2.36. The Morgan fingerprint density at radius 3 is 2.59 bits per heavy atom. The number of halogens is 2. The van der Waals surface area contributed by atoms with E-state index in [0.717, 1.165) is 80.7 Å². The van der Waals surface area contributed by atoms with Crippen LogP contribution in [0.15, 0.2) is 48.5 Å². The summed E-state index contributed by atoms with van der Waals surface area (Å²) in [6.07, 6.45) is 3.49. The highest BCUT2D eigenvalue weighted by atomic mass is 35.5. The lowest BCUT2D eigenvalue weighted by atomic mass is 9.77. The minimum Gasteiger partial charge on any atom is -0.494 e. The Labute approximate surface area is 251 Å². The van der Waals surface area contributed by atoms with Gasteiger partial charge in [0.25, 0.3) is 0 Å². The molecule has 3 aromatic rings. The molecule has 2 aromatic carbocycles. The van der Waals surface area contributed by atoms with E-state index in [2.05, 4.69) is 21.7 Å². The van der Waals surface area contributed by atoms with Gasteiger partial charge in [-0.15, -0.1) is 0 Å². The van der Waals surface area contributed by atoms with Crippen LogP contribution in [0.3, 0.4) is 0 Å². The van der Waals surface area contributed by atoms with E-state index < -0.39 is 6.16 Å². The zero-order valence-electron chi connectivity index (χ0n) is 23.4. The van der Waals surface area contributed by atoms with Gasteiger partial charge in [0.1, 0.15) is 5.75 Å².